The Morgan fingerprint density at radius 2 is 1.89 bits per heavy atom. The lowest BCUT2D eigenvalue weighted by Crippen LogP contribution is -2.22. The minimum Gasteiger partial charge on any atom is -0.330 e. The fraction of sp³-hybridized carbons (Fsp3) is 1.00. The lowest BCUT2D eigenvalue weighted by atomic mass is 10.1. The van der Waals surface area contributed by atoms with Crippen LogP contribution in [-0.4, -0.2) is 19.6 Å². The van der Waals surface area contributed by atoms with Crippen LogP contribution >= 0.6 is 0 Å². The Hall–Kier alpha value is -0.250. The van der Waals surface area contributed by atoms with Crippen molar-refractivity contribution in [3.8, 4) is 0 Å². The average molecular weight is 141 g/mol. The summed E-state index contributed by atoms with van der Waals surface area (Å²) in [6.45, 7) is -0.853. The summed E-state index contributed by atoms with van der Waals surface area (Å²) in [4.78, 5) is 0. The average Bonchev–Trinajstić information content (AvgIpc) is 1.82. The van der Waals surface area contributed by atoms with Crippen molar-refractivity contribution in [1.29, 1.82) is 0 Å². The molecule has 1 atom stereocenters. The Morgan fingerprint density at radius 3 is 2.00 bits per heavy atom. The van der Waals surface area contributed by atoms with Crippen molar-refractivity contribution in [2.45, 2.75) is 12.8 Å². The van der Waals surface area contributed by atoms with Crippen LogP contribution in [0.4, 0.5) is 13.2 Å². The third-order valence-electron chi connectivity index (χ3n) is 1.14. The molecular weight excluding hydrogens is 131 g/mol. The van der Waals surface area contributed by atoms with Crippen LogP contribution in [-0.2, 0) is 0 Å². The molecule has 0 aromatic carbocycles. The summed E-state index contributed by atoms with van der Waals surface area (Å²) in [7, 11) is 0. The van der Waals surface area contributed by atoms with E-state index in [0.29, 0.717) is 0 Å². The molecule has 0 rings (SSSR count). The van der Waals surface area contributed by atoms with Gasteiger partial charge in [-0.3, -0.25) is 4.39 Å². The lowest BCUT2D eigenvalue weighted by Gasteiger charge is -2.09. The van der Waals surface area contributed by atoms with Gasteiger partial charge in [0.1, 0.15) is 0 Å². The topological polar surface area (TPSA) is 26.0 Å². The molecule has 56 valence electrons. The first kappa shape index (κ1) is 8.75. The van der Waals surface area contributed by atoms with Crippen molar-refractivity contribution in [1.82, 2.24) is 0 Å². The molecule has 0 amide bonds. The summed E-state index contributed by atoms with van der Waals surface area (Å²) >= 11 is 0. The van der Waals surface area contributed by atoms with Crippen LogP contribution in [0.25, 0.3) is 0 Å². The van der Waals surface area contributed by atoms with Crippen molar-refractivity contribution in [3.63, 3.8) is 0 Å². The molecule has 0 heterocycles. The van der Waals surface area contributed by atoms with E-state index >= 15 is 0 Å². The van der Waals surface area contributed by atoms with E-state index in [9.17, 15) is 13.2 Å². The molecule has 0 aliphatic rings. The van der Waals surface area contributed by atoms with Crippen LogP contribution in [0, 0.1) is 5.92 Å². The van der Waals surface area contributed by atoms with Crippen LogP contribution < -0.4 is 5.73 Å². The van der Waals surface area contributed by atoms with Gasteiger partial charge in [-0.2, -0.15) is 0 Å². The van der Waals surface area contributed by atoms with Gasteiger partial charge in [0.25, 0.3) is 0 Å². The van der Waals surface area contributed by atoms with Gasteiger partial charge in [0, 0.05) is 12.5 Å². The van der Waals surface area contributed by atoms with Crippen molar-refractivity contribution in [2.75, 3.05) is 13.2 Å². The number of hydrogen-bond donors (Lipinski definition) is 1. The van der Waals surface area contributed by atoms with Crippen molar-refractivity contribution in [2.24, 2.45) is 11.7 Å². The molecule has 0 radical (unpaired) electrons. The molecule has 0 aliphatic heterocycles. The van der Waals surface area contributed by atoms with E-state index in [1.165, 1.54) is 0 Å². The molecule has 1 nitrogen and oxygen atoms in total. The van der Waals surface area contributed by atoms with Gasteiger partial charge in [0.15, 0.2) is 0 Å². The van der Waals surface area contributed by atoms with E-state index in [2.05, 4.69) is 0 Å². The molecule has 0 aromatic rings. The molecule has 2 N–H and O–H groups in total. The molecule has 1 unspecified atom stereocenters. The third kappa shape index (κ3) is 3.35. The Labute approximate surface area is 52.0 Å². The predicted octanol–water partition coefficient (Wildman–Crippen LogP) is 1.19. The SMILES string of the molecule is NCC(CCF)C(F)F. The molecule has 0 saturated carbocycles. The van der Waals surface area contributed by atoms with Gasteiger partial charge in [-0.05, 0) is 6.42 Å². The Morgan fingerprint density at radius 1 is 1.33 bits per heavy atom. The molecule has 0 aliphatic carbocycles. The van der Waals surface area contributed by atoms with Gasteiger partial charge in [-0.15, -0.1) is 0 Å². The predicted molar refractivity (Wildman–Crippen MR) is 29.1 cm³/mol. The zero-order valence-corrected chi connectivity index (χ0v) is 4.99. The molecule has 0 bridgehead atoms. The molecule has 0 spiro atoms. The van der Waals surface area contributed by atoms with Gasteiger partial charge in [-0.25, -0.2) is 8.78 Å². The summed E-state index contributed by atoms with van der Waals surface area (Å²) in [6.07, 6.45) is -2.61. The van der Waals surface area contributed by atoms with E-state index < -0.39 is 19.0 Å². The quantitative estimate of drug-likeness (QED) is 0.625. The molecule has 0 aromatic heterocycles. The van der Waals surface area contributed by atoms with Crippen LogP contribution in [0.1, 0.15) is 6.42 Å². The first-order chi connectivity index (χ1) is 4.22. The number of halogens is 3. The first-order valence-electron chi connectivity index (χ1n) is 2.76. The van der Waals surface area contributed by atoms with E-state index in [1.807, 2.05) is 0 Å². The number of alkyl halides is 3. The normalized spacial score (nSPS) is 14.3. The second-order valence-electron chi connectivity index (χ2n) is 1.81. The van der Waals surface area contributed by atoms with Gasteiger partial charge in [0.05, 0.1) is 6.67 Å². The maximum atomic E-state index is 11.6. The highest BCUT2D eigenvalue weighted by molar-refractivity contribution is 4.60. The molecule has 4 heteroatoms. The Kier molecular flexibility index (Phi) is 4.48. The van der Waals surface area contributed by atoms with Gasteiger partial charge >= 0.3 is 0 Å². The number of nitrogens with two attached hydrogens (primary N) is 1. The largest absolute Gasteiger partial charge is 0.330 e. The minimum atomic E-state index is -2.48. The van der Waals surface area contributed by atoms with E-state index in [0.717, 1.165) is 0 Å². The van der Waals surface area contributed by atoms with E-state index in [4.69, 9.17) is 5.73 Å². The van der Waals surface area contributed by atoms with Gasteiger partial charge < -0.3 is 5.73 Å². The fourth-order valence-corrected chi connectivity index (χ4v) is 0.487. The smallest absolute Gasteiger partial charge is 0.242 e. The van der Waals surface area contributed by atoms with Crippen molar-refractivity contribution < 1.29 is 13.2 Å². The first-order valence-corrected chi connectivity index (χ1v) is 2.76. The Balaban J connectivity index is 3.41. The molecule has 0 saturated heterocycles. The van der Waals surface area contributed by atoms with Gasteiger partial charge in [-0.1, -0.05) is 0 Å². The summed E-state index contributed by atoms with van der Waals surface area (Å²) in [5.41, 5.74) is 4.91. The highest BCUT2D eigenvalue weighted by Crippen LogP contribution is 2.11. The van der Waals surface area contributed by atoms with Crippen LogP contribution in [0.15, 0.2) is 0 Å². The minimum absolute atomic E-state index is 0.131. The monoisotopic (exact) mass is 141 g/mol. The zero-order chi connectivity index (χ0) is 7.28. The maximum absolute atomic E-state index is 11.6. The standard InChI is InChI=1S/C5H10F3N/c6-2-1-4(3-9)5(7)8/h4-5H,1-3,9H2. The number of hydrogen-bond acceptors (Lipinski definition) is 1. The van der Waals surface area contributed by atoms with Crippen LogP contribution in [0.3, 0.4) is 0 Å². The highest BCUT2D eigenvalue weighted by Gasteiger charge is 2.17. The zero-order valence-electron chi connectivity index (χ0n) is 4.99. The second kappa shape index (κ2) is 4.61. The van der Waals surface area contributed by atoms with Crippen molar-refractivity contribution >= 4 is 0 Å². The summed E-state index contributed by atoms with van der Waals surface area (Å²) in [5.74, 6) is -0.963. The second-order valence-corrected chi connectivity index (χ2v) is 1.81. The fourth-order valence-electron chi connectivity index (χ4n) is 0.487. The summed E-state index contributed by atoms with van der Waals surface area (Å²) in [5, 5.41) is 0. The molecule has 0 fully saturated rings. The molecular formula is C5H10F3N. The van der Waals surface area contributed by atoms with Crippen LogP contribution in [0.2, 0.25) is 0 Å². The highest BCUT2D eigenvalue weighted by atomic mass is 19.3. The van der Waals surface area contributed by atoms with Crippen LogP contribution in [0.5, 0.6) is 0 Å². The summed E-state index contributed by atoms with van der Waals surface area (Å²) in [6, 6.07) is 0. The number of rotatable bonds is 4. The van der Waals surface area contributed by atoms with E-state index in [1.54, 1.807) is 0 Å². The maximum Gasteiger partial charge on any atom is 0.242 e. The van der Waals surface area contributed by atoms with Gasteiger partial charge in [0.2, 0.25) is 6.43 Å². The van der Waals surface area contributed by atoms with E-state index in [-0.39, 0.29) is 13.0 Å². The third-order valence-corrected chi connectivity index (χ3v) is 1.14. The van der Waals surface area contributed by atoms with Crippen molar-refractivity contribution in [3.05, 3.63) is 0 Å². The molecule has 9 heavy (non-hydrogen) atoms. The lowest BCUT2D eigenvalue weighted by molar-refractivity contribution is 0.0728. The summed E-state index contributed by atoms with van der Waals surface area (Å²) < 4.78 is 34.7. The Bertz CT molecular complexity index is 67.2.